The average molecular weight is 322 g/mol. The summed E-state index contributed by atoms with van der Waals surface area (Å²) in [4.78, 5) is 4.47. The molecule has 24 heavy (non-hydrogen) atoms. The van der Waals surface area contributed by atoms with Crippen molar-refractivity contribution in [3.63, 3.8) is 0 Å². The van der Waals surface area contributed by atoms with Gasteiger partial charge in [-0.25, -0.2) is 4.98 Å². The van der Waals surface area contributed by atoms with E-state index < -0.39 is 0 Å². The van der Waals surface area contributed by atoms with E-state index in [1.807, 2.05) is 42.1 Å². The van der Waals surface area contributed by atoms with Crippen LogP contribution in [0.5, 0.6) is 5.75 Å². The van der Waals surface area contributed by atoms with Gasteiger partial charge in [-0.15, -0.1) is 0 Å². The maximum Gasteiger partial charge on any atom is 0.142 e. The van der Waals surface area contributed by atoms with E-state index in [9.17, 15) is 0 Å². The van der Waals surface area contributed by atoms with Crippen molar-refractivity contribution in [2.75, 3.05) is 7.11 Å². The molecule has 0 radical (unpaired) electrons. The highest BCUT2D eigenvalue weighted by molar-refractivity contribution is 5.32. The predicted molar refractivity (Wildman–Crippen MR) is 94.0 cm³/mol. The summed E-state index contributed by atoms with van der Waals surface area (Å²) < 4.78 is 13.6. The third-order valence-corrected chi connectivity index (χ3v) is 4.03. The zero-order chi connectivity index (χ0) is 16.9. The molecule has 1 aromatic heterocycles. The van der Waals surface area contributed by atoms with Gasteiger partial charge >= 0.3 is 0 Å². The van der Waals surface area contributed by atoms with Gasteiger partial charge in [0.05, 0.1) is 13.7 Å². The number of aromatic nitrogens is 2. The van der Waals surface area contributed by atoms with Crippen LogP contribution in [0.1, 0.15) is 28.6 Å². The van der Waals surface area contributed by atoms with Gasteiger partial charge in [0.2, 0.25) is 0 Å². The fourth-order valence-corrected chi connectivity index (χ4v) is 2.62. The third kappa shape index (κ3) is 3.66. The molecule has 124 valence electrons. The van der Waals surface area contributed by atoms with Gasteiger partial charge < -0.3 is 14.0 Å². The lowest BCUT2D eigenvalue weighted by atomic mass is 10.1. The van der Waals surface area contributed by atoms with Crippen LogP contribution in [-0.4, -0.2) is 16.7 Å². The fraction of sp³-hybridized carbons (Fsp3) is 0.250. The van der Waals surface area contributed by atoms with Crippen LogP contribution in [0, 0.1) is 6.92 Å². The third-order valence-electron chi connectivity index (χ3n) is 4.03. The standard InChI is InChI=1S/C20H22N2O2/c1-15-7-9-16(10-8-15)14-24-19(20-21-11-12-22(20)2)17-5-4-6-18(13-17)23-3/h4-13,19H,14H2,1-3H3. The maximum absolute atomic E-state index is 6.24. The Labute approximate surface area is 142 Å². The van der Waals surface area contributed by atoms with E-state index in [0.717, 1.165) is 22.7 Å². The van der Waals surface area contributed by atoms with Crippen LogP contribution in [0.3, 0.4) is 0 Å². The Morgan fingerprint density at radius 1 is 1.12 bits per heavy atom. The molecule has 2 aromatic carbocycles. The van der Waals surface area contributed by atoms with E-state index in [4.69, 9.17) is 9.47 Å². The van der Waals surface area contributed by atoms with Crippen LogP contribution in [0.2, 0.25) is 0 Å². The molecule has 1 unspecified atom stereocenters. The average Bonchev–Trinajstić information content (AvgIpc) is 3.03. The minimum atomic E-state index is -0.249. The van der Waals surface area contributed by atoms with Crippen LogP contribution >= 0.6 is 0 Å². The Bertz CT molecular complexity index is 793. The van der Waals surface area contributed by atoms with Crippen molar-refractivity contribution in [3.05, 3.63) is 83.4 Å². The van der Waals surface area contributed by atoms with Gasteiger partial charge in [0.15, 0.2) is 0 Å². The van der Waals surface area contributed by atoms with E-state index >= 15 is 0 Å². The lowest BCUT2D eigenvalue weighted by molar-refractivity contribution is 0.0592. The van der Waals surface area contributed by atoms with Crippen molar-refractivity contribution < 1.29 is 9.47 Å². The first-order valence-electron chi connectivity index (χ1n) is 7.95. The van der Waals surface area contributed by atoms with Crippen LogP contribution in [0.4, 0.5) is 0 Å². The molecular weight excluding hydrogens is 300 g/mol. The molecule has 0 N–H and O–H groups in total. The molecule has 0 saturated heterocycles. The molecule has 1 atom stereocenters. The second kappa shape index (κ2) is 7.32. The molecule has 0 saturated carbocycles. The van der Waals surface area contributed by atoms with Gasteiger partial charge in [-0.1, -0.05) is 42.0 Å². The predicted octanol–water partition coefficient (Wildman–Crippen LogP) is 4.04. The molecule has 0 aliphatic rings. The van der Waals surface area contributed by atoms with Crippen molar-refractivity contribution >= 4 is 0 Å². The quantitative estimate of drug-likeness (QED) is 0.687. The molecule has 0 spiro atoms. The molecule has 4 nitrogen and oxygen atoms in total. The molecule has 0 bridgehead atoms. The zero-order valence-electron chi connectivity index (χ0n) is 14.3. The maximum atomic E-state index is 6.24. The van der Waals surface area contributed by atoms with Gasteiger partial charge in [0, 0.05) is 19.4 Å². The summed E-state index contributed by atoms with van der Waals surface area (Å²) in [5.41, 5.74) is 3.41. The molecule has 0 aliphatic heterocycles. The number of methoxy groups -OCH3 is 1. The number of aryl methyl sites for hydroxylation is 2. The Balaban J connectivity index is 1.87. The summed E-state index contributed by atoms with van der Waals surface area (Å²) in [5.74, 6) is 1.68. The first kappa shape index (κ1) is 16.3. The Hall–Kier alpha value is -2.59. The van der Waals surface area contributed by atoms with Crippen LogP contribution < -0.4 is 4.74 Å². The van der Waals surface area contributed by atoms with Crippen LogP contribution in [-0.2, 0) is 18.4 Å². The number of hydrogen-bond acceptors (Lipinski definition) is 3. The highest BCUT2D eigenvalue weighted by Gasteiger charge is 2.20. The minimum Gasteiger partial charge on any atom is -0.497 e. The summed E-state index contributed by atoms with van der Waals surface area (Å²) in [7, 11) is 3.65. The number of nitrogens with zero attached hydrogens (tertiary/aromatic N) is 2. The number of ether oxygens (including phenoxy) is 2. The lowest BCUT2D eigenvalue weighted by Crippen LogP contribution is -2.12. The monoisotopic (exact) mass is 322 g/mol. The van der Waals surface area contributed by atoms with E-state index in [0.29, 0.717) is 6.61 Å². The second-order valence-electron chi connectivity index (χ2n) is 5.85. The summed E-state index contributed by atoms with van der Waals surface area (Å²) in [6.07, 6.45) is 3.47. The lowest BCUT2D eigenvalue weighted by Gasteiger charge is -2.19. The van der Waals surface area contributed by atoms with Gasteiger partial charge in [-0.2, -0.15) is 0 Å². The molecule has 0 fully saturated rings. The van der Waals surface area contributed by atoms with Gasteiger partial charge in [0.25, 0.3) is 0 Å². The number of rotatable bonds is 6. The summed E-state index contributed by atoms with van der Waals surface area (Å²) in [5, 5.41) is 0. The topological polar surface area (TPSA) is 36.3 Å². The number of imidazole rings is 1. The van der Waals surface area contributed by atoms with Gasteiger partial charge in [-0.05, 0) is 30.2 Å². The Morgan fingerprint density at radius 3 is 2.58 bits per heavy atom. The highest BCUT2D eigenvalue weighted by atomic mass is 16.5. The molecule has 0 amide bonds. The van der Waals surface area contributed by atoms with E-state index in [1.165, 1.54) is 5.56 Å². The molecule has 1 heterocycles. The molecule has 0 aliphatic carbocycles. The molecular formula is C20H22N2O2. The van der Waals surface area contributed by atoms with Crippen molar-refractivity contribution in [1.82, 2.24) is 9.55 Å². The summed E-state index contributed by atoms with van der Waals surface area (Å²) in [6.45, 7) is 2.60. The number of benzene rings is 2. The summed E-state index contributed by atoms with van der Waals surface area (Å²) in [6, 6.07) is 16.3. The highest BCUT2D eigenvalue weighted by Crippen LogP contribution is 2.28. The van der Waals surface area contributed by atoms with Crippen molar-refractivity contribution in [2.24, 2.45) is 7.05 Å². The van der Waals surface area contributed by atoms with E-state index in [-0.39, 0.29) is 6.10 Å². The minimum absolute atomic E-state index is 0.249. The van der Waals surface area contributed by atoms with Crippen LogP contribution in [0.25, 0.3) is 0 Å². The number of hydrogen-bond donors (Lipinski definition) is 0. The van der Waals surface area contributed by atoms with E-state index in [2.05, 4.69) is 36.2 Å². The fourth-order valence-electron chi connectivity index (χ4n) is 2.62. The molecule has 3 aromatic rings. The SMILES string of the molecule is COc1cccc(C(OCc2ccc(C)cc2)c2nccn2C)c1. The molecule has 3 rings (SSSR count). The normalized spacial score (nSPS) is 12.1. The smallest absolute Gasteiger partial charge is 0.142 e. The zero-order valence-corrected chi connectivity index (χ0v) is 14.3. The molecule has 4 heteroatoms. The van der Waals surface area contributed by atoms with Crippen molar-refractivity contribution in [1.29, 1.82) is 0 Å². The van der Waals surface area contributed by atoms with Crippen molar-refractivity contribution in [2.45, 2.75) is 19.6 Å². The van der Waals surface area contributed by atoms with Gasteiger partial charge in [-0.3, -0.25) is 0 Å². The Morgan fingerprint density at radius 2 is 1.92 bits per heavy atom. The van der Waals surface area contributed by atoms with Crippen LogP contribution in [0.15, 0.2) is 60.9 Å². The van der Waals surface area contributed by atoms with Crippen molar-refractivity contribution in [3.8, 4) is 5.75 Å². The largest absolute Gasteiger partial charge is 0.497 e. The Kier molecular flexibility index (Phi) is 4.96. The second-order valence-corrected chi connectivity index (χ2v) is 5.85. The first-order valence-corrected chi connectivity index (χ1v) is 7.95. The van der Waals surface area contributed by atoms with Gasteiger partial charge in [0.1, 0.15) is 17.7 Å². The van der Waals surface area contributed by atoms with E-state index in [1.54, 1.807) is 13.3 Å². The summed E-state index contributed by atoms with van der Waals surface area (Å²) >= 11 is 0. The first-order chi connectivity index (χ1) is 11.7.